The summed E-state index contributed by atoms with van der Waals surface area (Å²) in [5, 5.41) is 2.07. The number of carbonyl (C=O) groups is 1. The smallest absolute Gasteiger partial charge is 0.168 e. The number of halogens is 3. The lowest BCUT2D eigenvalue weighted by Gasteiger charge is -2.03. The van der Waals surface area contributed by atoms with Crippen LogP contribution >= 0.6 is 45.5 Å². The number of benzene rings is 1. The number of hydrogen-bond donors (Lipinski definition) is 0. The van der Waals surface area contributed by atoms with Gasteiger partial charge in [-0.2, -0.15) is 0 Å². The first-order valence-corrected chi connectivity index (χ1v) is 7.11. The lowest BCUT2D eigenvalue weighted by molar-refractivity contribution is 0.0992. The molecule has 0 saturated heterocycles. The second kappa shape index (κ2) is 5.46. The summed E-state index contributed by atoms with van der Waals surface area (Å²) in [6.45, 7) is 0. The molecule has 5 heteroatoms. The second-order valence-electron chi connectivity index (χ2n) is 3.44. The van der Waals surface area contributed by atoms with Gasteiger partial charge >= 0.3 is 0 Å². The summed E-state index contributed by atoms with van der Waals surface area (Å²) < 4.78 is 14.5. The summed E-state index contributed by atoms with van der Waals surface area (Å²) in [4.78, 5) is 11.9. The third-order valence-corrected chi connectivity index (χ3v) is 4.43. The van der Waals surface area contributed by atoms with Crippen molar-refractivity contribution in [3.8, 4) is 0 Å². The van der Waals surface area contributed by atoms with Gasteiger partial charge in [0.15, 0.2) is 5.78 Å². The Bertz CT molecular complexity index is 547. The quantitative estimate of drug-likeness (QED) is 0.563. The van der Waals surface area contributed by atoms with Crippen LogP contribution in [0.15, 0.2) is 29.6 Å². The van der Waals surface area contributed by atoms with Gasteiger partial charge in [-0.25, -0.2) is 4.39 Å². The van der Waals surface area contributed by atoms with E-state index in [2.05, 4.69) is 22.6 Å². The molecule has 1 nitrogen and oxygen atoms in total. The van der Waals surface area contributed by atoms with Crippen molar-refractivity contribution in [3.05, 3.63) is 54.5 Å². The Kier molecular flexibility index (Phi) is 4.17. The zero-order valence-corrected chi connectivity index (χ0v) is 12.3. The van der Waals surface area contributed by atoms with Crippen LogP contribution in [0, 0.1) is 8.70 Å². The summed E-state index contributed by atoms with van der Waals surface area (Å²) in [5.41, 5.74) is 0.874. The van der Waals surface area contributed by atoms with E-state index in [0.717, 1.165) is 2.88 Å². The molecular formula is C12H7ClFIOS. The van der Waals surface area contributed by atoms with Crippen LogP contribution in [0.4, 0.5) is 4.39 Å². The van der Waals surface area contributed by atoms with Gasteiger partial charge in [-0.05, 0) is 40.8 Å². The monoisotopic (exact) mass is 380 g/mol. The Labute approximate surface area is 121 Å². The van der Waals surface area contributed by atoms with Gasteiger partial charge in [0.05, 0.1) is 2.88 Å². The van der Waals surface area contributed by atoms with E-state index in [0.29, 0.717) is 10.6 Å². The van der Waals surface area contributed by atoms with Crippen LogP contribution in [0.3, 0.4) is 0 Å². The van der Waals surface area contributed by atoms with Gasteiger partial charge in [0.2, 0.25) is 0 Å². The lowest BCUT2D eigenvalue weighted by atomic mass is 10.0. The lowest BCUT2D eigenvalue weighted by Crippen LogP contribution is -2.04. The van der Waals surface area contributed by atoms with E-state index in [1.54, 1.807) is 17.5 Å². The Morgan fingerprint density at radius 2 is 2.24 bits per heavy atom. The Balaban J connectivity index is 2.24. The number of hydrogen-bond acceptors (Lipinski definition) is 2. The zero-order chi connectivity index (χ0) is 12.4. The van der Waals surface area contributed by atoms with Gasteiger partial charge in [-0.1, -0.05) is 17.7 Å². The molecule has 17 heavy (non-hydrogen) atoms. The minimum Gasteiger partial charge on any atom is -0.294 e. The molecule has 0 aliphatic rings. The van der Waals surface area contributed by atoms with Crippen molar-refractivity contribution in [3.63, 3.8) is 0 Å². The third-order valence-electron chi connectivity index (χ3n) is 2.29. The molecule has 1 aromatic heterocycles. The number of rotatable bonds is 3. The van der Waals surface area contributed by atoms with Crippen molar-refractivity contribution in [2.75, 3.05) is 0 Å². The van der Waals surface area contributed by atoms with Crippen LogP contribution in [-0.2, 0) is 6.42 Å². The van der Waals surface area contributed by atoms with E-state index in [1.165, 1.54) is 23.5 Å². The van der Waals surface area contributed by atoms with Crippen LogP contribution in [-0.4, -0.2) is 5.78 Å². The fourth-order valence-electron chi connectivity index (χ4n) is 1.42. The maximum Gasteiger partial charge on any atom is 0.168 e. The van der Waals surface area contributed by atoms with Crippen molar-refractivity contribution in [1.82, 2.24) is 0 Å². The van der Waals surface area contributed by atoms with Gasteiger partial charge in [0, 0.05) is 28.0 Å². The molecule has 1 heterocycles. The van der Waals surface area contributed by atoms with Crippen LogP contribution in [0.1, 0.15) is 15.9 Å². The Morgan fingerprint density at radius 1 is 1.47 bits per heavy atom. The van der Waals surface area contributed by atoms with Crippen LogP contribution in [0.2, 0.25) is 5.02 Å². The van der Waals surface area contributed by atoms with E-state index in [9.17, 15) is 9.18 Å². The van der Waals surface area contributed by atoms with E-state index < -0.39 is 5.82 Å². The molecule has 0 aliphatic heterocycles. The normalized spacial score (nSPS) is 10.5. The molecule has 0 bridgehead atoms. The number of Topliss-reactive ketones (excluding diaryl/α,β-unsaturated/α-hetero) is 1. The molecule has 0 amide bonds. The Morgan fingerprint density at radius 3 is 2.82 bits per heavy atom. The predicted molar refractivity (Wildman–Crippen MR) is 76.5 cm³/mol. The summed E-state index contributed by atoms with van der Waals surface area (Å²) in [6.07, 6.45) is -0.00167. The zero-order valence-electron chi connectivity index (χ0n) is 8.54. The maximum atomic E-state index is 13.5. The molecule has 0 spiro atoms. The Hall–Kier alpha value is -0.460. The van der Waals surface area contributed by atoms with Crippen LogP contribution in [0.5, 0.6) is 0 Å². The number of carbonyl (C=O) groups excluding carboxylic acids is 1. The molecule has 0 N–H and O–H groups in total. The largest absolute Gasteiger partial charge is 0.294 e. The van der Waals surface area contributed by atoms with E-state index in [1.807, 2.05) is 0 Å². The van der Waals surface area contributed by atoms with Gasteiger partial charge in [0.1, 0.15) is 5.82 Å². The molecule has 0 saturated carbocycles. The molecule has 0 fully saturated rings. The highest BCUT2D eigenvalue weighted by Crippen LogP contribution is 2.23. The summed E-state index contributed by atoms with van der Waals surface area (Å²) in [6, 6.07) is 6.22. The molecular weight excluding hydrogens is 374 g/mol. The average molecular weight is 381 g/mol. The minimum absolute atomic E-state index is 0.00167. The fourth-order valence-corrected chi connectivity index (χ4v) is 3.00. The average Bonchev–Trinajstić information content (AvgIpc) is 2.70. The third kappa shape index (κ3) is 3.05. The first-order valence-electron chi connectivity index (χ1n) is 4.78. The van der Waals surface area contributed by atoms with Crippen molar-refractivity contribution < 1.29 is 9.18 Å². The molecule has 1 aromatic carbocycles. The predicted octanol–water partition coefficient (Wildman–Crippen LogP) is 4.57. The topological polar surface area (TPSA) is 17.1 Å². The van der Waals surface area contributed by atoms with Crippen molar-refractivity contribution in [2.24, 2.45) is 0 Å². The number of ketones is 1. The van der Waals surface area contributed by atoms with E-state index in [4.69, 9.17) is 11.6 Å². The molecule has 0 aliphatic carbocycles. The van der Waals surface area contributed by atoms with Gasteiger partial charge in [0.25, 0.3) is 0 Å². The summed E-state index contributed by atoms with van der Waals surface area (Å²) in [5.74, 6) is -0.549. The maximum absolute atomic E-state index is 13.5. The molecule has 0 unspecified atom stereocenters. The van der Waals surface area contributed by atoms with Crippen molar-refractivity contribution >= 4 is 51.3 Å². The highest BCUT2D eigenvalue weighted by Gasteiger charge is 2.14. The van der Waals surface area contributed by atoms with E-state index in [-0.39, 0.29) is 17.8 Å². The minimum atomic E-state index is -0.434. The highest BCUT2D eigenvalue weighted by atomic mass is 127. The van der Waals surface area contributed by atoms with Gasteiger partial charge in [-0.3, -0.25) is 4.79 Å². The first kappa shape index (κ1) is 13.0. The SMILES string of the molecule is O=C(Cc1c(F)cccc1Cl)c1csc(I)c1. The van der Waals surface area contributed by atoms with Crippen molar-refractivity contribution in [1.29, 1.82) is 0 Å². The van der Waals surface area contributed by atoms with Crippen LogP contribution < -0.4 is 0 Å². The highest BCUT2D eigenvalue weighted by molar-refractivity contribution is 14.1. The van der Waals surface area contributed by atoms with Crippen molar-refractivity contribution in [2.45, 2.75) is 6.42 Å². The number of thiophene rings is 1. The van der Waals surface area contributed by atoms with Gasteiger partial charge < -0.3 is 0 Å². The first-order chi connectivity index (χ1) is 8.08. The van der Waals surface area contributed by atoms with Gasteiger partial charge in [-0.15, -0.1) is 11.3 Å². The van der Waals surface area contributed by atoms with E-state index >= 15 is 0 Å². The fraction of sp³-hybridized carbons (Fsp3) is 0.0833. The molecule has 0 radical (unpaired) electrons. The molecule has 88 valence electrons. The standard InChI is InChI=1S/C12H7ClFIOS/c13-9-2-1-3-10(14)8(9)5-11(16)7-4-12(15)17-6-7/h1-4,6H,5H2. The summed E-state index contributed by atoms with van der Waals surface area (Å²) >= 11 is 9.51. The molecule has 2 rings (SSSR count). The summed E-state index contributed by atoms with van der Waals surface area (Å²) in [7, 11) is 0. The molecule has 0 atom stereocenters. The second-order valence-corrected chi connectivity index (χ2v) is 6.65. The molecule has 2 aromatic rings. The van der Waals surface area contributed by atoms with Crippen LogP contribution in [0.25, 0.3) is 0 Å².